The first kappa shape index (κ1) is 7.76. The number of rotatable bonds is 3. The van der Waals surface area contributed by atoms with E-state index < -0.39 is 0 Å². The highest BCUT2D eigenvalue weighted by Gasteiger charge is 2.12. The quantitative estimate of drug-likeness (QED) is 0.586. The van der Waals surface area contributed by atoms with Crippen LogP contribution in [0.5, 0.6) is 0 Å². The Labute approximate surface area is 71.8 Å². The molecule has 1 aromatic heterocycles. The molecule has 4 heteroatoms. The first-order chi connectivity index (χ1) is 5.95. The first-order valence-corrected chi connectivity index (χ1v) is 4.36. The molecule has 12 heavy (non-hydrogen) atoms. The average molecular weight is 166 g/mol. The molecule has 1 fully saturated rings. The molecule has 0 saturated carbocycles. The summed E-state index contributed by atoms with van der Waals surface area (Å²) in [4.78, 5) is 7.02. The standard InChI is InChI=1S/C8H14N4/c1-2-9-3-7(1)11-5-8-4-10-6-12-8/h4,6-7,9,11H,1-3,5H2,(H,10,12). The lowest BCUT2D eigenvalue weighted by molar-refractivity contribution is 0.543. The third-order valence-electron chi connectivity index (χ3n) is 2.20. The molecular weight excluding hydrogens is 152 g/mol. The predicted octanol–water partition coefficient (Wildman–Crippen LogP) is -0.139. The largest absolute Gasteiger partial charge is 0.347 e. The molecule has 1 aliphatic rings. The van der Waals surface area contributed by atoms with Crippen LogP contribution in [0.15, 0.2) is 12.5 Å². The lowest BCUT2D eigenvalue weighted by Crippen LogP contribution is -2.30. The monoisotopic (exact) mass is 166 g/mol. The van der Waals surface area contributed by atoms with Crippen molar-refractivity contribution in [3.63, 3.8) is 0 Å². The van der Waals surface area contributed by atoms with Gasteiger partial charge in [0.1, 0.15) is 0 Å². The fourth-order valence-electron chi connectivity index (χ4n) is 1.46. The SMILES string of the molecule is c1ncc(CNC2CCNC2)[nH]1. The molecule has 1 atom stereocenters. The van der Waals surface area contributed by atoms with Crippen molar-refractivity contribution < 1.29 is 0 Å². The molecule has 2 heterocycles. The van der Waals surface area contributed by atoms with Gasteiger partial charge in [0.2, 0.25) is 0 Å². The average Bonchev–Trinajstić information content (AvgIpc) is 2.74. The van der Waals surface area contributed by atoms with Crippen LogP contribution in [0.2, 0.25) is 0 Å². The lowest BCUT2D eigenvalue weighted by atomic mass is 10.2. The Kier molecular flexibility index (Phi) is 2.39. The molecule has 1 aromatic rings. The minimum atomic E-state index is 0.633. The van der Waals surface area contributed by atoms with Crippen molar-refractivity contribution in [3.8, 4) is 0 Å². The van der Waals surface area contributed by atoms with E-state index in [1.807, 2.05) is 6.20 Å². The summed E-state index contributed by atoms with van der Waals surface area (Å²) in [7, 11) is 0. The second kappa shape index (κ2) is 3.69. The zero-order valence-electron chi connectivity index (χ0n) is 7.01. The summed E-state index contributed by atoms with van der Waals surface area (Å²) in [5, 5.41) is 6.76. The molecular formula is C8H14N4. The van der Waals surface area contributed by atoms with Crippen molar-refractivity contribution >= 4 is 0 Å². The Morgan fingerprint density at radius 2 is 2.67 bits per heavy atom. The van der Waals surface area contributed by atoms with Crippen LogP contribution in [0.3, 0.4) is 0 Å². The van der Waals surface area contributed by atoms with Gasteiger partial charge < -0.3 is 15.6 Å². The second-order valence-corrected chi connectivity index (χ2v) is 3.15. The summed E-state index contributed by atoms with van der Waals surface area (Å²) >= 11 is 0. The van der Waals surface area contributed by atoms with Crippen molar-refractivity contribution in [1.29, 1.82) is 0 Å². The van der Waals surface area contributed by atoms with Gasteiger partial charge in [-0.15, -0.1) is 0 Å². The van der Waals surface area contributed by atoms with E-state index in [1.54, 1.807) is 6.33 Å². The van der Waals surface area contributed by atoms with E-state index in [4.69, 9.17) is 0 Å². The Hall–Kier alpha value is -0.870. The van der Waals surface area contributed by atoms with Gasteiger partial charge in [0.25, 0.3) is 0 Å². The lowest BCUT2D eigenvalue weighted by Gasteiger charge is -2.08. The maximum atomic E-state index is 3.96. The zero-order valence-corrected chi connectivity index (χ0v) is 7.01. The molecule has 0 aliphatic carbocycles. The highest BCUT2D eigenvalue weighted by molar-refractivity contribution is 4.94. The molecule has 66 valence electrons. The van der Waals surface area contributed by atoms with Gasteiger partial charge in [-0.25, -0.2) is 4.98 Å². The maximum absolute atomic E-state index is 3.96. The minimum absolute atomic E-state index is 0.633. The molecule has 0 spiro atoms. The van der Waals surface area contributed by atoms with Crippen LogP contribution in [0.4, 0.5) is 0 Å². The molecule has 2 rings (SSSR count). The molecule has 0 aromatic carbocycles. The van der Waals surface area contributed by atoms with E-state index >= 15 is 0 Å². The molecule has 0 bridgehead atoms. The first-order valence-electron chi connectivity index (χ1n) is 4.36. The molecule has 0 amide bonds. The minimum Gasteiger partial charge on any atom is -0.347 e. The van der Waals surface area contributed by atoms with Crippen molar-refractivity contribution in [2.75, 3.05) is 13.1 Å². The van der Waals surface area contributed by atoms with Crippen LogP contribution in [-0.2, 0) is 6.54 Å². The predicted molar refractivity (Wildman–Crippen MR) is 46.7 cm³/mol. The Bertz CT molecular complexity index is 213. The van der Waals surface area contributed by atoms with E-state index in [1.165, 1.54) is 6.42 Å². The van der Waals surface area contributed by atoms with Crippen LogP contribution in [0, 0.1) is 0 Å². The summed E-state index contributed by atoms with van der Waals surface area (Å²) in [6.07, 6.45) is 4.80. The van der Waals surface area contributed by atoms with E-state index in [0.717, 1.165) is 25.3 Å². The summed E-state index contributed by atoms with van der Waals surface area (Å²) in [6.45, 7) is 3.13. The topological polar surface area (TPSA) is 52.7 Å². The molecule has 4 nitrogen and oxygen atoms in total. The Morgan fingerprint density at radius 3 is 3.33 bits per heavy atom. The number of nitrogens with one attached hydrogen (secondary N) is 3. The van der Waals surface area contributed by atoms with Crippen LogP contribution in [0.1, 0.15) is 12.1 Å². The smallest absolute Gasteiger partial charge is 0.0922 e. The van der Waals surface area contributed by atoms with Crippen LogP contribution in [-0.4, -0.2) is 29.1 Å². The third-order valence-corrected chi connectivity index (χ3v) is 2.20. The maximum Gasteiger partial charge on any atom is 0.0922 e. The van der Waals surface area contributed by atoms with Crippen molar-refractivity contribution in [2.24, 2.45) is 0 Å². The van der Waals surface area contributed by atoms with Crippen LogP contribution >= 0.6 is 0 Å². The second-order valence-electron chi connectivity index (χ2n) is 3.15. The number of H-pyrrole nitrogens is 1. The number of hydrogen-bond donors (Lipinski definition) is 3. The Morgan fingerprint density at radius 1 is 1.67 bits per heavy atom. The van der Waals surface area contributed by atoms with Crippen molar-refractivity contribution in [1.82, 2.24) is 20.6 Å². The normalized spacial score (nSPS) is 23.2. The van der Waals surface area contributed by atoms with Crippen LogP contribution in [0.25, 0.3) is 0 Å². The molecule has 1 unspecified atom stereocenters. The zero-order chi connectivity index (χ0) is 8.23. The van der Waals surface area contributed by atoms with Gasteiger partial charge in [-0.05, 0) is 13.0 Å². The molecule has 0 radical (unpaired) electrons. The fraction of sp³-hybridized carbons (Fsp3) is 0.625. The number of nitrogens with zero attached hydrogens (tertiary/aromatic N) is 1. The highest BCUT2D eigenvalue weighted by atomic mass is 15.0. The Balaban J connectivity index is 1.74. The van der Waals surface area contributed by atoms with Gasteiger partial charge in [0.05, 0.1) is 6.33 Å². The molecule has 1 saturated heterocycles. The number of hydrogen-bond acceptors (Lipinski definition) is 3. The van der Waals surface area contributed by atoms with Gasteiger partial charge in [-0.3, -0.25) is 0 Å². The molecule has 1 aliphatic heterocycles. The van der Waals surface area contributed by atoms with Gasteiger partial charge in [0, 0.05) is 31.0 Å². The van der Waals surface area contributed by atoms with Gasteiger partial charge >= 0.3 is 0 Å². The van der Waals surface area contributed by atoms with Crippen LogP contribution < -0.4 is 10.6 Å². The summed E-state index contributed by atoms with van der Waals surface area (Å²) < 4.78 is 0. The number of imidazole rings is 1. The van der Waals surface area contributed by atoms with E-state index in [2.05, 4.69) is 20.6 Å². The molecule has 3 N–H and O–H groups in total. The summed E-state index contributed by atoms with van der Waals surface area (Å²) in [6, 6.07) is 0.633. The fourth-order valence-corrected chi connectivity index (χ4v) is 1.46. The van der Waals surface area contributed by atoms with Crippen molar-refractivity contribution in [2.45, 2.75) is 19.0 Å². The third kappa shape index (κ3) is 1.84. The summed E-state index contributed by atoms with van der Waals surface area (Å²) in [5.41, 5.74) is 1.15. The highest BCUT2D eigenvalue weighted by Crippen LogP contribution is 1.98. The van der Waals surface area contributed by atoms with E-state index in [0.29, 0.717) is 6.04 Å². The number of aromatic nitrogens is 2. The number of aromatic amines is 1. The van der Waals surface area contributed by atoms with E-state index in [9.17, 15) is 0 Å². The van der Waals surface area contributed by atoms with Crippen molar-refractivity contribution in [3.05, 3.63) is 18.2 Å². The van der Waals surface area contributed by atoms with E-state index in [-0.39, 0.29) is 0 Å². The van der Waals surface area contributed by atoms with Gasteiger partial charge in [-0.1, -0.05) is 0 Å². The summed E-state index contributed by atoms with van der Waals surface area (Å²) in [5.74, 6) is 0. The van der Waals surface area contributed by atoms with Gasteiger partial charge in [0.15, 0.2) is 0 Å². The van der Waals surface area contributed by atoms with Gasteiger partial charge in [-0.2, -0.15) is 0 Å².